The van der Waals surface area contributed by atoms with Crippen LogP contribution >= 0.6 is 11.6 Å². The van der Waals surface area contributed by atoms with E-state index in [9.17, 15) is 4.39 Å². The molecule has 5 rings (SSSR count). The number of nitrogens with zero attached hydrogens (tertiary/aromatic N) is 3. The largest absolute Gasteiger partial charge is 0.398 e. The van der Waals surface area contributed by atoms with Crippen LogP contribution in [0.15, 0.2) is 36.7 Å². The van der Waals surface area contributed by atoms with Gasteiger partial charge >= 0.3 is 0 Å². The first-order valence-electron chi connectivity index (χ1n) is 10.5. The first kappa shape index (κ1) is 21.0. The number of ether oxygens (including phenoxy) is 1. The first-order chi connectivity index (χ1) is 15.4. The molecule has 0 spiro atoms. The fourth-order valence-corrected chi connectivity index (χ4v) is 4.29. The highest BCUT2D eigenvalue weighted by atomic mass is 35.5. The third kappa shape index (κ3) is 3.97. The zero-order valence-corrected chi connectivity index (χ0v) is 18.4. The molecular formula is C24H23ClFN5O. The molecule has 2 aromatic carbocycles. The Morgan fingerprint density at radius 3 is 2.94 bits per heavy atom. The highest BCUT2D eigenvalue weighted by Crippen LogP contribution is 2.33. The summed E-state index contributed by atoms with van der Waals surface area (Å²) in [5, 5.41) is 3.71. The van der Waals surface area contributed by atoms with Crippen molar-refractivity contribution < 1.29 is 9.13 Å². The summed E-state index contributed by atoms with van der Waals surface area (Å²) < 4.78 is 19.6. The van der Waals surface area contributed by atoms with Crippen LogP contribution in [0.1, 0.15) is 18.9 Å². The minimum atomic E-state index is -0.538. The Balaban J connectivity index is 1.43. The average molecular weight is 452 g/mol. The number of fused-ring (bicyclic) bond motifs is 1. The van der Waals surface area contributed by atoms with E-state index >= 15 is 0 Å². The topological polar surface area (TPSA) is 76.3 Å². The van der Waals surface area contributed by atoms with Gasteiger partial charge in [-0.25, -0.2) is 14.4 Å². The molecule has 0 bridgehead atoms. The van der Waals surface area contributed by atoms with Crippen LogP contribution in [0.4, 0.5) is 21.6 Å². The third-order valence-corrected chi connectivity index (χ3v) is 6.44. The van der Waals surface area contributed by atoms with E-state index in [1.54, 1.807) is 18.2 Å². The number of nitrogens with one attached hydrogen (secondary N) is 1. The van der Waals surface area contributed by atoms with Gasteiger partial charge in [-0.05, 0) is 37.6 Å². The molecule has 2 fully saturated rings. The van der Waals surface area contributed by atoms with E-state index in [1.165, 1.54) is 12.4 Å². The van der Waals surface area contributed by atoms with E-state index in [2.05, 4.69) is 38.9 Å². The van der Waals surface area contributed by atoms with Gasteiger partial charge in [-0.2, -0.15) is 0 Å². The number of aromatic nitrogens is 2. The van der Waals surface area contributed by atoms with Gasteiger partial charge in [0.25, 0.3) is 0 Å². The van der Waals surface area contributed by atoms with Crippen LogP contribution in [0.25, 0.3) is 10.9 Å². The second-order valence-corrected chi connectivity index (χ2v) is 9.03. The van der Waals surface area contributed by atoms with Crippen LogP contribution in [0.5, 0.6) is 0 Å². The molecule has 2 saturated heterocycles. The summed E-state index contributed by atoms with van der Waals surface area (Å²) in [4.78, 5) is 11.1. The zero-order chi connectivity index (χ0) is 22.3. The summed E-state index contributed by atoms with van der Waals surface area (Å²) in [5.74, 6) is 6.63. The SMILES string of the molecule is CC1(C#Cc2cc3ncnc(Nc4cccc(Cl)c4F)c3cc2N)CCN(C2COC2)C1. The van der Waals surface area contributed by atoms with Crippen LogP contribution in [-0.4, -0.2) is 47.2 Å². The Kier molecular flexibility index (Phi) is 5.38. The molecule has 0 saturated carbocycles. The molecular weight excluding hydrogens is 429 g/mol. The van der Waals surface area contributed by atoms with Gasteiger partial charge in [0.15, 0.2) is 5.82 Å². The summed E-state index contributed by atoms with van der Waals surface area (Å²) in [5.41, 5.74) is 8.40. The Bertz CT molecular complexity index is 1250. The Morgan fingerprint density at radius 1 is 1.31 bits per heavy atom. The molecule has 8 heteroatoms. The number of anilines is 3. The smallest absolute Gasteiger partial charge is 0.165 e. The number of benzene rings is 2. The van der Waals surface area contributed by atoms with Crippen LogP contribution in [0.3, 0.4) is 0 Å². The maximum Gasteiger partial charge on any atom is 0.165 e. The minimum Gasteiger partial charge on any atom is -0.398 e. The molecule has 0 radical (unpaired) electrons. The van der Waals surface area contributed by atoms with Crippen molar-refractivity contribution in [1.82, 2.24) is 14.9 Å². The lowest BCUT2D eigenvalue weighted by Gasteiger charge is -2.35. The monoisotopic (exact) mass is 451 g/mol. The summed E-state index contributed by atoms with van der Waals surface area (Å²) in [6.07, 6.45) is 2.45. The number of hydrogen-bond acceptors (Lipinski definition) is 6. The average Bonchev–Trinajstić information content (AvgIpc) is 3.11. The lowest BCUT2D eigenvalue weighted by molar-refractivity contribution is -0.0587. The molecule has 0 aliphatic carbocycles. The zero-order valence-electron chi connectivity index (χ0n) is 17.7. The number of hydrogen-bond donors (Lipinski definition) is 2. The molecule has 164 valence electrons. The van der Waals surface area contributed by atoms with E-state index in [0.717, 1.165) is 38.3 Å². The van der Waals surface area contributed by atoms with Gasteiger partial charge in [0.2, 0.25) is 0 Å². The van der Waals surface area contributed by atoms with Gasteiger partial charge in [0.05, 0.1) is 35.5 Å². The van der Waals surface area contributed by atoms with Gasteiger partial charge in [-0.3, -0.25) is 4.90 Å². The molecule has 2 aliphatic heterocycles. The van der Waals surface area contributed by atoms with Gasteiger partial charge in [-0.1, -0.05) is 29.5 Å². The molecule has 3 aromatic rings. The van der Waals surface area contributed by atoms with Crippen molar-refractivity contribution >= 4 is 39.7 Å². The van der Waals surface area contributed by atoms with Crippen LogP contribution in [0.2, 0.25) is 5.02 Å². The minimum absolute atomic E-state index is 0.0363. The van der Waals surface area contributed by atoms with Crippen LogP contribution < -0.4 is 11.1 Å². The van der Waals surface area contributed by atoms with Crippen molar-refractivity contribution in [3.8, 4) is 11.8 Å². The van der Waals surface area contributed by atoms with Crippen molar-refractivity contribution in [2.24, 2.45) is 5.41 Å². The molecule has 1 unspecified atom stereocenters. The predicted octanol–water partition coefficient (Wildman–Crippen LogP) is 4.21. The van der Waals surface area contributed by atoms with Crippen molar-refractivity contribution in [3.05, 3.63) is 53.1 Å². The van der Waals surface area contributed by atoms with Crippen molar-refractivity contribution in [2.75, 3.05) is 37.4 Å². The maximum absolute atomic E-state index is 14.3. The Hall–Kier alpha value is -2.92. The molecule has 6 nitrogen and oxygen atoms in total. The van der Waals surface area contributed by atoms with Gasteiger partial charge in [-0.15, -0.1) is 0 Å². The van der Waals surface area contributed by atoms with E-state index in [4.69, 9.17) is 22.1 Å². The molecule has 2 aliphatic rings. The van der Waals surface area contributed by atoms with E-state index in [0.29, 0.717) is 28.5 Å². The Morgan fingerprint density at radius 2 is 2.16 bits per heavy atom. The lowest BCUT2D eigenvalue weighted by Crippen LogP contribution is -2.48. The van der Waals surface area contributed by atoms with Crippen molar-refractivity contribution in [3.63, 3.8) is 0 Å². The maximum atomic E-state index is 14.3. The van der Waals surface area contributed by atoms with Crippen molar-refractivity contribution in [1.29, 1.82) is 0 Å². The van der Waals surface area contributed by atoms with Crippen LogP contribution in [-0.2, 0) is 4.74 Å². The fourth-order valence-electron chi connectivity index (χ4n) is 4.12. The second-order valence-electron chi connectivity index (χ2n) is 8.63. The number of nitrogen functional groups attached to an aromatic ring is 1. The highest BCUT2D eigenvalue weighted by molar-refractivity contribution is 6.31. The van der Waals surface area contributed by atoms with E-state index < -0.39 is 5.82 Å². The second kappa shape index (κ2) is 8.21. The third-order valence-electron chi connectivity index (χ3n) is 6.15. The van der Waals surface area contributed by atoms with Crippen LogP contribution in [0, 0.1) is 23.1 Å². The molecule has 3 N–H and O–H groups in total. The van der Waals surface area contributed by atoms with E-state index in [-0.39, 0.29) is 16.1 Å². The van der Waals surface area contributed by atoms with Crippen molar-refractivity contribution in [2.45, 2.75) is 19.4 Å². The number of likely N-dealkylation sites (tertiary alicyclic amines) is 1. The summed E-state index contributed by atoms with van der Waals surface area (Å²) >= 11 is 5.89. The molecule has 0 amide bonds. The molecule has 32 heavy (non-hydrogen) atoms. The summed E-state index contributed by atoms with van der Waals surface area (Å²) in [6.45, 7) is 5.80. The van der Waals surface area contributed by atoms with E-state index in [1.807, 2.05) is 6.07 Å². The summed E-state index contributed by atoms with van der Waals surface area (Å²) in [6, 6.07) is 8.92. The van der Waals surface area contributed by atoms with Gasteiger partial charge in [0, 0.05) is 35.1 Å². The number of halogens is 2. The molecule has 3 heterocycles. The highest BCUT2D eigenvalue weighted by Gasteiger charge is 2.38. The number of nitrogens with two attached hydrogens (primary N) is 1. The molecule has 1 atom stereocenters. The first-order valence-corrected chi connectivity index (χ1v) is 10.9. The lowest BCUT2D eigenvalue weighted by atomic mass is 9.90. The quantitative estimate of drug-likeness (QED) is 0.459. The Labute approximate surface area is 190 Å². The standard InChI is InChI=1S/C24H23ClFN5O/c1-24(7-8-31(13-24)16-11-32-12-16)6-5-15-9-21-17(10-19(15)27)23(29-14-28-21)30-20-4-2-3-18(25)22(20)26/h2-4,9-10,14,16H,7-8,11-13,27H2,1H3,(H,28,29,30). The normalized spacial score (nSPS) is 21.2. The summed E-state index contributed by atoms with van der Waals surface area (Å²) in [7, 11) is 0. The predicted molar refractivity (Wildman–Crippen MR) is 124 cm³/mol. The fraction of sp³-hybridized carbons (Fsp3) is 0.333. The van der Waals surface area contributed by atoms with Gasteiger partial charge < -0.3 is 15.8 Å². The van der Waals surface area contributed by atoms with Gasteiger partial charge in [0.1, 0.15) is 12.1 Å². The molecule has 1 aromatic heterocycles. The number of rotatable bonds is 3.